The highest BCUT2D eigenvalue weighted by atomic mass is 32.2. The number of rotatable bonds is 5. The average molecular weight is 302 g/mol. The van der Waals surface area contributed by atoms with Crippen molar-refractivity contribution in [1.82, 2.24) is 9.71 Å². The van der Waals surface area contributed by atoms with Crippen LogP contribution < -0.4 is 4.72 Å². The van der Waals surface area contributed by atoms with E-state index in [4.69, 9.17) is 0 Å². The number of aryl methyl sites for hydroxylation is 2. The summed E-state index contributed by atoms with van der Waals surface area (Å²) in [7, 11) is -3.40. The predicted octanol–water partition coefficient (Wildman–Crippen LogP) is 2.55. The second-order valence-electron chi connectivity index (χ2n) is 3.78. The molecule has 0 aliphatic carbocycles. The first-order chi connectivity index (χ1) is 8.51. The van der Waals surface area contributed by atoms with Gasteiger partial charge in [0.15, 0.2) is 0 Å². The topological polar surface area (TPSA) is 59.1 Å². The van der Waals surface area contributed by atoms with Crippen molar-refractivity contribution in [2.45, 2.75) is 31.0 Å². The summed E-state index contributed by atoms with van der Waals surface area (Å²) in [6.45, 7) is 4.15. The van der Waals surface area contributed by atoms with Crippen molar-refractivity contribution in [3.05, 3.63) is 33.1 Å². The van der Waals surface area contributed by atoms with Gasteiger partial charge in [0.1, 0.15) is 9.22 Å². The van der Waals surface area contributed by atoms with Gasteiger partial charge in [-0.3, -0.25) is 0 Å². The summed E-state index contributed by atoms with van der Waals surface area (Å²) in [5, 5.41) is 2.69. The molecule has 0 bridgehead atoms. The van der Waals surface area contributed by atoms with E-state index in [9.17, 15) is 8.42 Å². The van der Waals surface area contributed by atoms with E-state index in [0.29, 0.717) is 4.21 Å². The number of sulfonamides is 1. The zero-order chi connectivity index (χ0) is 13.2. The lowest BCUT2D eigenvalue weighted by atomic mass is 10.4. The lowest BCUT2D eigenvalue weighted by Gasteiger charge is -2.01. The Morgan fingerprint density at radius 2 is 2.17 bits per heavy atom. The Bertz CT molecular complexity index is 628. The number of thiazole rings is 1. The van der Waals surface area contributed by atoms with Gasteiger partial charge in [0.05, 0.1) is 6.54 Å². The third-order valence-electron chi connectivity index (χ3n) is 2.33. The third-order valence-corrected chi connectivity index (χ3v) is 6.42. The van der Waals surface area contributed by atoms with Crippen molar-refractivity contribution in [2.75, 3.05) is 0 Å². The molecule has 2 rings (SSSR count). The molecule has 4 nitrogen and oxygen atoms in total. The fourth-order valence-electron chi connectivity index (χ4n) is 1.40. The van der Waals surface area contributed by atoms with E-state index < -0.39 is 10.0 Å². The van der Waals surface area contributed by atoms with Crippen LogP contribution in [0.5, 0.6) is 0 Å². The SMILES string of the molecule is CCc1ccc(S(=O)(=O)NCc2nc(C)cs2)s1. The first-order valence-electron chi connectivity index (χ1n) is 5.50. The van der Waals surface area contributed by atoms with Crippen LogP contribution in [0.3, 0.4) is 0 Å². The van der Waals surface area contributed by atoms with Crippen LogP contribution in [-0.4, -0.2) is 13.4 Å². The molecule has 0 unspecified atom stereocenters. The van der Waals surface area contributed by atoms with Gasteiger partial charge in [-0.25, -0.2) is 18.1 Å². The van der Waals surface area contributed by atoms with Gasteiger partial charge in [-0.15, -0.1) is 22.7 Å². The third kappa shape index (κ3) is 3.17. The zero-order valence-electron chi connectivity index (χ0n) is 10.1. The maximum atomic E-state index is 12.0. The first kappa shape index (κ1) is 13.7. The monoisotopic (exact) mass is 302 g/mol. The van der Waals surface area contributed by atoms with Crippen LogP contribution in [-0.2, 0) is 23.0 Å². The molecular formula is C11H14N2O2S3. The lowest BCUT2D eigenvalue weighted by molar-refractivity contribution is 0.583. The molecule has 7 heteroatoms. The Labute approximate surface area is 115 Å². The molecule has 98 valence electrons. The Morgan fingerprint density at radius 3 is 2.72 bits per heavy atom. The van der Waals surface area contributed by atoms with Crippen molar-refractivity contribution in [3.8, 4) is 0 Å². The molecule has 2 aromatic heterocycles. The zero-order valence-corrected chi connectivity index (χ0v) is 12.6. The number of hydrogen-bond donors (Lipinski definition) is 1. The van der Waals surface area contributed by atoms with Gasteiger partial charge in [-0.05, 0) is 25.5 Å². The van der Waals surface area contributed by atoms with Gasteiger partial charge in [0.25, 0.3) is 0 Å². The second kappa shape index (κ2) is 5.48. The average Bonchev–Trinajstić information content (AvgIpc) is 2.95. The van der Waals surface area contributed by atoms with Gasteiger partial charge in [0.2, 0.25) is 10.0 Å². The molecule has 0 amide bonds. The molecule has 0 fully saturated rings. The second-order valence-corrected chi connectivity index (χ2v) is 7.89. The van der Waals surface area contributed by atoms with Crippen LogP contribution in [0, 0.1) is 6.92 Å². The summed E-state index contributed by atoms with van der Waals surface area (Å²) in [5.41, 5.74) is 0.915. The molecule has 0 radical (unpaired) electrons. The van der Waals surface area contributed by atoms with Crippen LogP contribution >= 0.6 is 22.7 Å². The number of hydrogen-bond acceptors (Lipinski definition) is 5. The van der Waals surface area contributed by atoms with E-state index in [1.54, 1.807) is 6.07 Å². The minimum Gasteiger partial charge on any atom is -0.245 e. The Kier molecular flexibility index (Phi) is 4.16. The molecule has 0 saturated carbocycles. The molecule has 0 spiro atoms. The van der Waals surface area contributed by atoms with Crippen LogP contribution in [0.4, 0.5) is 0 Å². The van der Waals surface area contributed by atoms with Gasteiger partial charge in [-0.1, -0.05) is 6.92 Å². The van der Waals surface area contributed by atoms with Crippen molar-refractivity contribution in [2.24, 2.45) is 0 Å². The highest BCUT2D eigenvalue weighted by molar-refractivity contribution is 7.91. The van der Waals surface area contributed by atoms with E-state index in [-0.39, 0.29) is 6.54 Å². The summed E-state index contributed by atoms with van der Waals surface area (Å²) in [6, 6.07) is 3.51. The van der Waals surface area contributed by atoms with Crippen LogP contribution in [0.1, 0.15) is 22.5 Å². The summed E-state index contributed by atoms with van der Waals surface area (Å²) in [4.78, 5) is 5.29. The molecule has 0 aliphatic heterocycles. The summed E-state index contributed by atoms with van der Waals surface area (Å²) in [6.07, 6.45) is 0.853. The fraction of sp³-hybridized carbons (Fsp3) is 0.364. The number of aromatic nitrogens is 1. The van der Waals surface area contributed by atoms with E-state index >= 15 is 0 Å². The van der Waals surface area contributed by atoms with Gasteiger partial charge >= 0.3 is 0 Å². The minimum absolute atomic E-state index is 0.250. The van der Waals surface area contributed by atoms with Gasteiger partial charge in [0, 0.05) is 16.0 Å². The van der Waals surface area contributed by atoms with Crippen molar-refractivity contribution in [3.63, 3.8) is 0 Å². The maximum absolute atomic E-state index is 12.0. The summed E-state index contributed by atoms with van der Waals surface area (Å²) >= 11 is 2.77. The Balaban J connectivity index is 2.07. The van der Waals surface area contributed by atoms with Crippen LogP contribution in [0.15, 0.2) is 21.7 Å². The smallest absolute Gasteiger partial charge is 0.245 e. The van der Waals surface area contributed by atoms with E-state index in [1.165, 1.54) is 22.7 Å². The normalized spacial score (nSPS) is 11.9. The largest absolute Gasteiger partial charge is 0.250 e. The summed E-state index contributed by atoms with van der Waals surface area (Å²) in [5.74, 6) is 0. The minimum atomic E-state index is -3.40. The van der Waals surface area contributed by atoms with E-state index in [1.807, 2.05) is 25.3 Å². The highest BCUT2D eigenvalue weighted by Gasteiger charge is 2.16. The van der Waals surface area contributed by atoms with E-state index in [0.717, 1.165) is 22.0 Å². The molecule has 2 aromatic rings. The first-order valence-corrected chi connectivity index (χ1v) is 8.68. The van der Waals surface area contributed by atoms with Crippen molar-refractivity contribution >= 4 is 32.7 Å². The standard InChI is InChI=1S/C11H14N2O2S3/c1-3-9-4-5-11(17-9)18(14,15)12-6-10-13-8(2)7-16-10/h4-5,7,12H,3,6H2,1-2H3. The Morgan fingerprint density at radius 1 is 1.39 bits per heavy atom. The molecule has 0 aliphatic rings. The number of thiophene rings is 1. The van der Waals surface area contributed by atoms with Crippen LogP contribution in [0.2, 0.25) is 0 Å². The van der Waals surface area contributed by atoms with Crippen molar-refractivity contribution < 1.29 is 8.42 Å². The molecule has 1 N–H and O–H groups in total. The quantitative estimate of drug-likeness (QED) is 0.923. The maximum Gasteiger partial charge on any atom is 0.250 e. The molecular weight excluding hydrogens is 288 g/mol. The number of nitrogens with one attached hydrogen (secondary N) is 1. The fourth-order valence-corrected chi connectivity index (χ4v) is 4.54. The lowest BCUT2D eigenvalue weighted by Crippen LogP contribution is -2.22. The van der Waals surface area contributed by atoms with Crippen molar-refractivity contribution in [1.29, 1.82) is 0 Å². The molecule has 0 atom stereocenters. The predicted molar refractivity (Wildman–Crippen MR) is 74.6 cm³/mol. The van der Waals surface area contributed by atoms with Crippen LogP contribution in [0.25, 0.3) is 0 Å². The highest BCUT2D eigenvalue weighted by Crippen LogP contribution is 2.22. The number of nitrogens with zero attached hydrogens (tertiary/aromatic N) is 1. The molecule has 18 heavy (non-hydrogen) atoms. The summed E-state index contributed by atoms with van der Waals surface area (Å²) < 4.78 is 27.0. The molecule has 0 aromatic carbocycles. The molecule has 0 saturated heterocycles. The van der Waals surface area contributed by atoms with Gasteiger partial charge < -0.3 is 0 Å². The van der Waals surface area contributed by atoms with E-state index in [2.05, 4.69) is 9.71 Å². The Hall–Kier alpha value is -0.760. The molecule has 2 heterocycles. The van der Waals surface area contributed by atoms with Gasteiger partial charge in [-0.2, -0.15) is 0 Å².